The van der Waals surface area contributed by atoms with Gasteiger partial charge in [0.15, 0.2) is 5.78 Å². The molecule has 1 fully saturated rings. The Hall–Kier alpha value is -3.07. The number of piperazine rings is 1. The van der Waals surface area contributed by atoms with Gasteiger partial charge in [-0.2, -0.15) is 13.2 Å². The summed E-state index contributed by atoms with van der Waals surface area (Å²) in [5.74, 6) is 0.743. The predicted octanol–water partition coefficient (Wildman–Crippen LogP) is 4.48. The van der Waals surface area contributed by atoms with Gasteiger partial charge < -0.3 is 14.2 Å². The van der Waals surface area contributed by atoms with Crippen LogP contribution in [-0.2, 0) is 12.7 Å². The molecule has 9 heteroatoms. The summed E-state index contributed by atoms with van der Waals surface area (Å²) >= 11 is 0. The number of nitrogens with zero attached hydrogens (tertiary/aromatic N) is 4. The number of hydrogen-bond donors (Lipinski definition) is 0. The number of halogens is 3. The molecule has 0 aliphatic carbocycles. The summed E-state index contributed by atoms with van der Waals surface area (Å²) in [6.07, 6.45) is -0.286. The Morgan fingerprint density at radius 3 is 2.52 bits per heavy atom. The summed E-state index contributed by atoms with van der Waals surface area (Å²) in [6.45, 7) is 5.41. The van der Waals surface area contributed by atoms with E-state index in [9.17, 15) is 18.0 Å². The van der Waals surface area contributed by atoms with E-state index < -0.39 is 11.7 Å². The molecule has 1 aromatic carbocycles. The van der Waals surface area contributed by atoms with E-state index in [1.807, 2.05) is 24.4 Å². The van der Waals surface area contributed by atoms with Crippen LogP contribution < -0.4 is 9.64 Å². The maximum atomic E-state index is 13.3. The van der Waals surface area contributed by atoms with Crippen LogP contribution >= 0.6 is 0 Å². The summed E-state index contributed by atoms with van der Waals surface area (Å²) in [7, 11) is 1.62. The van der Waals surface area contributed by atoms with Gasteiger partial charge in [-0.3, -0.25) is 9.69 Å². The number of carbonyl (C=O) groups excluding carboxylic acids is 1. The number of ketones is 1. The lowest BCUT2D eigenvalue weighted by Gasteiger charge is -2.36. The molecule has 3 heterocycles. The van der Waals surface area contributed by atoms with Gasteiger partial charge >= 0.3 is 6.18 Å². The van der Waals surface area contributed by atoms with Gasteiger partial charge in [0.1, 0.15) is 11.6 Å². The Kier molecular flexibility index (Phi) is 6.60. The number of pyridine rings is 1. The molecule has 0 spiro atoms. The molecule has 176 valence electrons. The van der Waals surface area contributed by atoms with Crippen molar-refractivity contribution < 1.29 is 22.7 Å². The largest absolute Gasteiger partial charge is 0.495 e. The van der Waals surface area contributed by atoms with E-state index >= 15 is 0 Å². The first-order chi connectivity index (χ1) is 15.8. The number of Topliss-reactive ketones (excluding diaryl/α,β-unsaturated/α-hetero) is 1. The monoisotopic (exact) mass is 460 g/mol. The average molecular weight is 461 g/mol. The van der Waals surface area contributed by atoms with Crippen molar-refractivity contribution in [3.63, 3.8) is 0 Å². The number of benzene rings is 1. The van der Waals surface area contributed by atoms with Gasteiger partial charge in [-0.05, 0) is 38.1 Å². The van der Waals surface area contributed by atoms with Crippen molar-refractivity contribution in [1.82, 2.24) is 14.5 Å². The number of anilines is 1. The van der Waals surface area contributed by atoms with E-state index in [4.69, 9.17) is 4.74 Å². The van der Waals surface area contributed by atoms with Crippen LogP contribution in [0.1, 0.15) is 29.3 Å². The van der Waals surface area contributed by atoms with Gasteiger partial charge in [0.2, 0.25) is 0 Å². The molecule has 2 aromatic heterocycles. The number of aromatic nitrogens is 2. The zero-order valence-corrected chi connectivity index (χ0v) is 18.7. The molecule has 1 aliphatic heterocycles. The van der Waals surface area contributed by atoms with Crippen LogP contribution in [0, 0.1) is 0 Å². The first kappa shape index (κ1) is 23.1. The number of para-hydroxylation sites is 1. The first-order valence-corrected chi connectivity index (χ1v) is 11.0. The van der Waals surface area contributed by atoms with Crippen molar-refractivity contribution in [1.29, 1.82) is 0 Å². The number of rotatable bonds is 7. The second kappa shape index (κ2) is 9.43. The van der Waals surface area contributed by atoms with E-state index in [2.05, 4.69) is 14.5 Å². The molecular formula is C24H27F3N4O2. The molecule has 0 amide bonds. The van der Waals surface area contributed by atoms with Crippen molar-refractivity contribution in [3.05, 3.63) is 53.9 Å². The maximum Gasteiger partial charge on any atom is 0.419 e. The van der Waals surface area contributed by atoms with Crippen molar-refractivity contribution in [2.75, 3.05) is 44.7 Å². The summed E-state index contributed by atoms with van der Waals surface area (Å²) < 4.78 is 47.5. The fraction of sp³-hybridized carbons (Fsp3) is 0.417. The molecule has 0 unspecified atom stereocenters. The Labute approximate surface area is 190 Å². The predicted molar refractivity (Wildman–Crippen MR) is 121 cm³/mol. The Morgan fingerprint density at radius 1 is 1.09 bits per heavy atom. The lowest BCUT2D eigenvalue weighted by Crippen LogP contribution is -2.47. The number of fused-ring (bicyclic) bond motifs is 1. The van der Waals surface area contributed by atoms with Crippen molar-refractivity contribution in [2.24, 2.45) is 0 Å². The highest BCUT2D eigenvalue weighted by molar-refractivity contribution is 6.08. The van der Waals surface area contributed by atoms with Gasteiger partial charge in [0.25, 0.3) is 0 Å². The molecule has 3 aromatic rings. The number of ether oxygens (including phenoxy) is 1. The van der Waals surface area contributed by atoms with Gasteiger partial charge in [-0.1, -0.05) is 12.1 Å². The molecule has 1 aliphatic rings. The standard InChI is InChI=1S/C24H27F3N4O2/c1-17(32)19-16-31(22-18(19)6-3-8-21(22)33-2)11-5-10-29-12-14-30(15-13-29)23-20(24(25,26)27)7-4-9-28-23/h3-4,6-9,16H,5,10-15H2,1-2H3. The number of hydrogen-bond acceptors (Lipinski definition) is 5. The van der Waals surface area contributed by atoms with Crippen LogP contribution in [0.3, 0.4) is 0 Å². The zero-order valence-electron chi connectivity index (χ0n) is 18.7. The minimum absolute atomic E-state index is 0.00678. The summed E-state index contributed by atoms with van der Waals surface area (Å²) in [6, 6.07) is 8.09. The molecular weight excluding hydrogens is 433 g/mol. The van der Waals surface area contributed by atoms with Crippen molar-refractivity contribution >= 4 is 22.5 Å². The lowest BCUT2D eigenvalue weighted by molar-refractivity contribution is -0.137. The molecule has 0 atom stereocenters. The third-order valence-corrected chi connectivity index (χ3v) is 6.10. The fourth-order valence-corrected chi connectivity index (χ4v) is 4.47. The second-order valence-corrected chi connectivity index (χ2v) is 8.20. The summed E-state index contributed by atoms with van der Waals surface area (Å²) in [5.41, 5.74) is 0.895. The minimum Gasteiger partial charge on any atom is -0.495 e. The van der Waals surface area contributed by atoms with Crippen molar-refractivity contribution in [2.45, 2.75) is 26.1 Å². The highest BCUT2D eigenvalue weighted by Gasteiger charge is 2.36. The zero-order chi connectivity index (χ0) is 23.6. The van der Waals surface area contributed by atoms with Gasteiger partial charge in [-0.15, -0.1) is 0 Å². The van der Waals surface area contributed by atoms with E-state index in [0.29, 0.717) is 38.3 Å². The van der Waals surface area contributed by atoms with E-state index in [1.54, 1.807) is 18.9 Å². The average Bonchev–Trinajstić information content (AvgIpc) is 3.18. The topological polar surface area (TPSA) is 50.6 Å². The van der Waals surface area contributed by atoms with Crippen LogP contribution in [-0.4, -0.2) is 60.1 Å². The maximum absolute atomic E-state index is 13.3. The van der Waals surface area contributed by atoms with Gasteiger partial charge in [0, 0.05) is 56.1 Å². The minimum atomic E-state index is -4.42. The normalized spacial score (nSPS) is 15.2. The molecule has 6 nitrogen and oxygen atoms in total. The van der Waals surface area contributed by atoms with Crippen LogP contribution in [0.15, 0.2) is 42.7 Å². The molecule has 0 N–H and O–H groups in total. The van der Waals surface area contributed by atoms with Crippen LogP contribution in [0.4, 0.5) is 19.0 Å². The van der Waals surface area contributed by atoms with Crippen LogP contribution in [0.2, 0.25) is 0 Å². The first-order valence-electron chi connectivity index (χ1n) is 11.0. The van der Waals surface area contributed by atoms with Crippen LogP contribution in [0.25, 0.3) is 10.9 Å². The second-order valence-electron chi connectivity index (χ2n) is 8.20. The third-order valence-electron chi connectivity index (χ3n) is 6.10. The Balaban J connectivity index is 1.38. The highest BCUT2D eigenvalue weighted by atomic mass is 19.4. The molecule has 1 saturated heterocycles. The Morgan fingerprint density at radius 2 is 1.85 bits per heavy atom. The third kappa shape index (κ3) is 4.83. The molecule has 0 radical (unpaired) electrons. The van der Waals surface area contributed by atoms with Gasteiger partial charge in [-0.25, -0.2) is 4.98 Å². The van der Waals surface area contributed by atoms with E-state index in [-0.39, 0.29) is 11.6 Å². The number of alkyl halides is 3. The fourth-order valence-electron chi connectivity index (χ4n) is 4.47. The summed E-state index contributed by atoms with van der Waals surface area (Å²) in [5, 5.41) is 0.881. The number of carbonyl (C=O) groups is 1. The molecule has 33 heavy (non-hydrogen) atoms. The number of aryl methyl sites for hydroxylation is 1. The number of methoxy groups -OCH3 is 1. The summed E-state index contributed by atoms with van der Waals surface area (Å²) in [4.78, 5) is 20.0. The molecule has 0 saturated carbocycles. The van der Waals surface area contributed by atoms with Crippen LogP contribution in [0.5, 0.6) is 5.75 Å². The quantitative estimate of drug-likeness (QED) is 0.487. The van der Waals surface area contributed by atoms with E-state index in [0.717, 1.165) is 35.7 Å². The molecule has 0 bridgehead atoms. The van der Waals surface area contributed by atoms with Gasteiger partial charge in [0.05, 0.1) is 18.2 Å². The highest BCUT2D eigenvalue weighted by Crippen LogP contribution is 2.35. The van der Waals surface area contributed by atoms with Crippen molar-refractivity contribution in [3.8, 4) is 5.75 Å². The smallest absolute Gasteiger partial charge is 0.419 e. The molecule has 4 rings (SSSR count). The lowest BCUT2D eigenvalue weighted by atomic mass is 10.1. The Bertz CT molecular complexity index is 1130. The SMILES string of the molecule is COc1cccc2c(C(C)=O)cn(CCCN3CCN(c4ncccc4C(F)(F)F)CC3)c12. The van der Waals surface area contributed by atoms with E-state index in [1.165, 1.54) is 12.3 Å².